The first-order valence-corrected chi connectivity index (χ1v) is 12.2. The summed E-state index contributed by atoms with van der Waals surface area (Å²) in [5.74, 6) is -1.32. The molecule has 12 heteroatoms. The van der Waals surface area contributed by atoms with Crippen molar-refractivity contribution in [1.82, 2.24) is 15.0 Å². The van der Waals surface area contributed by atoms with Crippen LogP contribution in [0.5, 0.6) is 0 Å². The van der Waals surface area contributed by atoms with Crippen molar-refractivity contribution in [2.24, 2.45) is 10.7 Å². The van der Waals surface area contributed by atoms with E-state index in [1.165, 1.54) is 37.7 Å². The summed E-state index contributed by atoms with van der Waals surface area (Å²) in [6.07, 6.45) is 7.40. The second-order valence-corrected chi connectivity index (χ2v) is 10.1. The average Bonchev–Trinajstić information content (AvgIpc) is 3.69. The molecule has 1 fully saturated rings. The van der Waals surface area contributed by atoms with Crippen molar-refractivity contribution < 1.29 is 17.2 Å². The van der Waals surface area contributed by atoms with Gasteiger partial charge in [0.05, 0.1) is 11.3 Å². The summed E-state index contributed by atoms with van der Waals surface area (Å²) in [6, 6.07) is 6.58. The Kier molecular flexibility index (Phi) is 6.65. The van der Waals surface area contributed by atoms with Gasteiger partial charge in [-0.2, -0.15) is 5.26 Å². The third-order valence-corrected chi connectivity index (χ3v) is 7.13. The number of alkyl halides is 1. The molecule has 1 saturated carbocycles. The monoisotopic (exact) mass is 485 g/mol. The number of hydrogen-bond acceptors (Lipinski definition) is 9. The fourth-order valence-electron chi connectivity index (χ4n) is 3.23. The van der Waals surface area contributed by atoms with Crippen LogP contribution in [0, 0.1) is 17.1 Å². The standard InChI is InChI=1S/C19H15F2N7O2S.C3H6/c20-6-14-18(23)26-13(9-31(14,29)30)17-12(21)1-2-15(27-17)28-19-16-11(3-4-24-19)5-10(7-22)8-25-16;1-2-3-1/h1-5,8,13-14H,6,9H2,(H2,23,26)(H,24,27,28);1-3H2. The second kappa shape index (κ2) is 9.64. The molecule has 0 aromatic carbocycles. The Labute approximate surface area is 194 Å². The van der Waals surface area contributed by atoms with Gasteiger partial charge in [0, 0.05) is 17.8 Å². The molecule has 176 valence electrons. The Morgan fingerprint density at radius 2 is 1.97 bits per heavy atom. The lowest BCUT2D eigenvalue weighted by Gasteiger charge is -2.24. The van der Waals surface area contributed by atoms with E-state index in [1.807, 2.05) is 6.07 Å². The molecule has 3 aromatic rings. The molecule has 2 atom stereocenters. The maximum absolute atomic E-state index is 14.5. The van der Waals surface area contributed by atoms with Gasteiger partial charge in [0.25, 0.3) is 0 Å². The zero-order valence-corrected chi connectivity index (χ0v) is 18.8. The molecule has 9 nitrogen and oxygen atoms in total. The van der Waals surface area contributed by atoms with E-state index in [1.54, 1.807) is 12.1 Å². The molecule has 0 radical (unpaired) electrons. The summed E-state index contributed by atoms with van der Waals surface area (Å²) >= 11 is 0. The van der Waals surface area contributed by atoms with Crippen LogP contribution in [0.1, 0.15) is 36.6 Å². The van der Waals surface area contributed by atoms with E-state index in [0.29, 0.717) is 22.3 Å². The number of nitrogens with zero attached hydrogens (tertiary/aromatic N) is 5. The normalized spacial score (nSPS) is 20.4. The topological polar surface area (TPSA) is 147 Å². The molecule has 0 amide bonds. The summed E-state index contributed by atoms with van der Waals surface area (Å²) in [5, 5.41) is 11.1. The number of anilines is 2. The van der Waals surface area contributed by atoms with Gasteiger partial charge in [-0.15, -0.1) is 0 Å². The number of nitrogens with two attached hydrogens (primary N) is 1. The highest BCUT2D eigenvalue weighted by Gasteiger charge is 2.38. The van der Waals surface area contributed by atoms with Crippen molar-refractivity contribution in [2.45, 2.75) is 30.6 Å². The van der Waals surface area contributed by atoms with E-state index in [9.17, 15) is 17.2 Å². The van der Waals surface area contributed by atoms with Crippen molar-refractivity contribution in [2.75, 3.05) is 17.7 Å². The summed E-state index contributed by atoms with van der Waals surface area (Å²) in [6.45, 7) is -1.20. The van der Waals surface area contributed by atoms with Crippen molar-refractivity contribution in [1.29, 1.82) is 5.26 Å². The minimum absolute atomic E-state index is 0.168. The number of hydrogen-bond donors (Lipinski definition) is 2. The van der Waals surface area contributed by atoms with E-state index in [-0.39, 0.29) is 11.5 Å². The first kappa shape index (κ1) is 23.4. The Morgan fingerprint density at radius 1 is 1.21 bits per heavy atom. The number of fused-ring (bicyclic) bond motifs is 1. The number of rotatable bonds is 4. The van der Waals surface area contributed by atoms with Crippen molar-refractivity contribution in [3.63, 3.8) is 0 Å². The quantitative estimate of drug-likeness (QED) is 0.573. The average molecular weight is 486 g/mol. The fraction of sp³-hybridized carbons (Fsp3) is 0.318. The van der Waals surface area contributed by atoms with E-state index >= 15 is 0 Å². The Bertz CT molecular complexity index is 1400. The highest BCUT2D eigenvalue weighted by molar-refractivity contribution is 7.92. The number of aliphatic imine (C=N–C) groups is 1. The van der Waals surface area contributed by atoms with Gasteiger partial charge in [-0.3, -0.25) is 9.98 Å². The maximum Gasteiger partial charge on any atom is 0.165 e. The van der Waals surface area contributed by atoms with Gasteiger partial charge in [-0.1, -0.05) is 19.3 Å². The molecule has 1 aliphatic heterocycles. The Morgan fingerprint density at radius 3 is 2.62 bits per heavy atom. The van der Waals surface area contributed by atoms with Crippen molar-refractivity contribution in [3.05, 3.63) is 53.7 Å². The van der Waals surface area contributed by atoms with Crippen LogP contribution in [0.2, 0.25) is 0 Å². The summed E-state index contributed by atoms with van der Waals surface area (Å²) in [4.78, 5) is 16.5. The molecule has 2 aliphatic rings. The number of aromatic nitrogens is 3. The minimum Gasteiger partial charge on any atom is -0.386 e. The first-order chi connectivity index (χ1) is 16.3. The van der Waals surface area contributed by atoms with Gasteiger partial charge >= 0.3 is 0 Å². The van der Waals surface area contributed by atoms with Gasteiger partial charge in [0.1, 0.15) is 52.7 Å². The molecule has 34 heavy (non-hydrogen) atoms. The van der Waals surface area contributed by atoms with Crippen LogP contribution in [0.25, 0.3) is 10.9 Å². The van der Waals surface area contributed by atoms with E-state index in [4.69, 9.17) is 11.0 Å². The summed E-state index contributed by atoms with van der Waals surface area (Å²) in [5.41, 5.74) is 6.21. The van der Waals surface area contributed by atoms with Crippen LogP contribution in [0.4, 0.5) is 20.4 Å². The predicted molar refractivity (Wildman–Crippen MR) is 123 cm³/mol. The molecule has 0 saturated heterocycles. The largest absolute Gasteiger partial charge is 0.386 e. The van der Waals surface area contributed by atoms with Gasteiger partial charge < -0.3 is 11.1 Å². The highest BCUT2D eigenvalue weighted by atomic mass is 32.2. The molecular formula is C22H21F2N7O2S. The lowest BCUT2D eigenvalue weighted by Crippen LogP contribution is -2.44. The molecule has 0 spiro atoms. The van der Waals surface area contributed by atoms with E-state index in [2.05, 4.69) is 25.3 Å². The molecular weight excluding hydrogens is 464 g/mol. The predicted octanol–water partition coefficient (Wildman–Crippen LogP) is 3.11. The van der Waals surface area contributed by atoms with Crippen LogP contribution in [0.15, 0.2) is 41.7 Å². The van der Waals surface area contributed by atoms with Crippen LogP contribution < -0.4 is 11.1 Å². The zero-order valence-electron chi connectivity index (χ0n) is 17.9. The van der Waals surface area contributed by atoms with Crippen molar-refractivity contribution in [3.8, 4) is 6.07 Å². The number of halogens is 2. The number of sulfone groups is 1. The molecule has 2 unspecified atom stereocenters. The van der Waals surface area contributed by atoms with E-state index in [0.717, 1.165) is 6.07 Å². The number of nitrogens with one attached hydrogen (secondary N) is 1. The van der Waals surface area contributed by atoms with Crippen LogP contribution >= 0.6 is 0 Å². The van der Waals surface area contributed by atoms with Gasteiger partial charge in [-0.05, 0) is 24.3 Å². The van der Waals surface area contributed by atoms with Crippen LogP contribution in [-0.2, 0) is 9.84 Å². The molecule has 3 N–H and O–H groups in total. The lowest BCUT2D eigenvalue weighted by atomic mass is 10.2. The second-order valence-electron chi connectivity index (χ2n) is 7.86. The minimum atomic E-state index is -3.95. The number of amidine groups is 1. The first-order valence-electron chi connectivity index (χ1n) is 10.5. The summed E-state index contributed by atoms with van der Waals surface area (Å²) < 4.78 is 52.1. The number of nitriles is 1. The molecule has 3 aromatic heterocycles. The number of pyridine rings is 3. The SMILES string of the molecule is C1CC1.N#Cc1cnc2c(Nc3ccc(F)c(C4CS(=O)(=O)C(CF)C(N)=N4)n3)nccc2c1. The Balaban J connectivity index is 0.000000846. The Hall–Kier alpha value is -3.72. The van der Waals surface area contributed by atoms with Gasteiger partial charge in [0.15, 0.2) is 15.7 Å². The lowest BCUT2D eigenvalue weighted by molar-refractivity contribution is 0.488. The molecule has 4 heterocycles. The van der Waals surface area contributed by atoms with Gasteiger partial charge in [-0.25, -0.2) is 27.2 Å². The molecule has 5 rings (SSSR count). The summed E-state index contributed by atoms with van der Waals surface area (Å²) in [7, 11) is -3.95. The highest BCUT2D eigenvalue weighted by Crippen LogP contribution is 2.29. The van der Waals surface area contributed by atoms with Crippen LogP contribution in [0.3, 0.4) is 0 Å². The van der Waals surface area contributed by atoms with Gasteiger partial charge in [0.2, 0.25) is 0 Å². The third-order valence-electron chi connectivity index (χ3n) is 5.12. The molecule has 0 bridgehead atoms. The fourth-order valence-corrected chi connectivity index (χ4v) is 4.76. The molecule has 1 aliphatic carbocycles. The van der Waals surface area contributed by atoms with E-state index < -0.39 is 45.2 Å². The van der Waals surface area contributed by atoms with Crippen molar-refractivity contribution >= 4 is 38.2 Å². The smallest absolute Gasteiger partial charge is 0.165 e. The third kappa shape index (κ3) is 5.09. The maximum atomic E-state index is 14.5. The zero-order chi connectivity index (χ0) is 24.3. The van der Waals surface area contributed by atoms with Crippen LogP contribution in [-0.4, -0.2) is 46.9 Å².